The topological polar surface area (TPSA) is 72.2 Å². The van der Waals surface area contributed by atoms with E-state index in [4.69, 9.17) is 4.52 Å². The molecule has 0 unspecified atom stereocenters. The molecule has 0 aliphatic carbocycles. The highest BCUT2D eigenvalue weighted by molar-refractivity contribution is 14.1. The summed E-state index contributed by atoms with van der Waals surface area (Å²) in [5.41, 5.74) is 0.828. The van der Waals surface area contributed by atoms with E-state index >= 15 is 0 Å². The van der Waals surface area contributed by atoms with E-state index in [1.807, 2.05) is 30.3 Å². The Kier molecular flexibility index (Phi) is 4.16. The number of aromatic nitrogens is 1. The molecule has 1 N–H and O–H groups in total. The number of nitrogens with zero attached hydrogens (tertiary/aromatic N) is 1. The van der Waals surface area contributed by atoms with Crippen LogP contribution in [0.5, 0.6) is 0 Å². The van der Waals surface area contributed by atoms with Crippen LogP contribution in [0.1, 0.15) is 0 Å². The van der Waals surface area contributed by atoms with Crippen molar-refractivity contribution in [1.82, 2.24) is 5.16 Å². The van der Waals surface area contributed by atoms with E-state index in [-0.39, 0.29) is 10.7 Å². The van der Waals surface area contributed by atoms with Crippen LogP contribution < -0.4 is 4.72 Å². The molecule has 0 fully saturated rings. The molecule has 0 saturated heterocycles. The molecule has 3 rings (SSSR count). The molecule has 2 aromatic carbocycles. The van der Waals surface area contributed by atoms with Crippen LogP contribution in [0.25, 0.3) is 11.3 Å². The number of benzene rings is 2. The third-order valence-electron chi connectivity index (χ3n) is 2.93. The Labute approximate surface area is 141 Å². The maximum absolute atomic E-state index is 12.3. The molecule has 112 valence electrons. The van der Waals surface area contributed by atoms with E-state index in [0.717, 1.165) is 9.13 Å². The number of hydrogen-bond donors (Lipinski definition) is 1. The van der Waals surface area contributed by atoms with Gasteiger partial charge in [0, 0.05) is 15.2 Å². The van der Waals surface area contributed by atoms with E-state index in [0.29, 0.717) is 5.76 Å². The first-order valence-electron chi connectivity index (χ1n) is 6.35. The van der Waals surface area contributed by atoms with Gasteiger partial charge in [-0.3, -0.25) is 4.72 Å². The van der Waals surface area contributed by atoms with Crippen LogP contribution in [0.3, 0.4) is 0 Å². The maximum atomic E-state index is 12.3. The average Bonchev–Trinajstić information content (AvgIpc) is 2.96. The smallest absolute Gasteiger partial charge is 0.263 e. The van der Waals surface area contributed by atoms with Gasteiger partial charge in [-0.25, -0.2) is 8.42 Å². The fourth-order valence-electron chi connectivity index (χ4n) is 1.87. The van der Waals surface area contributed by atoms with Crippen molar-refractivity contribution in [1.29, 1.82) is 0 Å². The molecule has 0 saturated carbocycles. The van der Waals surface area contributed by atoms with E-state index < -0.39 is 10.0 Å². The molecule has 0 spiro atoms. The van der Waals surface area contributed by atoms with Crippen molar-refractivity contribution in [2.45, 2.75) is 4.90 Å². The molecule has 0 aliphatic heterocycles. The Morgan fingerprint density at radius 1 is 1.00 bits per heavy atom. The van der Waals surface area contributed by atoms with Crippen molar-refractivity contribution in [3.63, 3.8) is 0 Å². The number of rotatable bonds is 4. The van der Waals surface area contributed by atoms with Gasteiger partial charge in [-0.2, -0.15) is 0 Å². The first-order valence-corrected chi connectivity index (χ1v) is 8.91. The van der Waals surface area contributed by atoms with E-state index in [9.17, 15) is 8.42 Å². The summed E-state index contributed by atoms with van der Waals surface area (Å²) in [4.78, 5) is 0.178. The fourth-order valence-corrected chi connectivity index (χ4v) is 3.22. The van der Waals surface area contributed by atoms with E-state index in [1.54, 1.807) is 30.3 Å². The Morgan fingerprint density at radius 2 is 1.68 bits per heavy atom. The molecule has 0 atom stereocenters. The van der Waals surface area contributed by atoms with Crippen molar-refractivity contribution in [2.75, 3.05) is 4.72 Å². The highest BCUT2D eigenvalue weighted by Crippen LogP contribution is 2.23. The minimum Gasteiger partial charge on any atom is -0.354 e. The molecule has 3 aromatic rings. The summed E-state index contributed by atoms with van der Waals surface area (Å²) in [5, 5.41) is 3.75. The molecule has 22 heavy (non-hydrogen) atoms. The minimum atomic E-state index is -3.67. The fraction of sp³-hybridized carbons (Fsp3) is 0. The van der Waals surface area contributed by atoms with Gasteiger partial charge in [0.15, 0.2) is 11.6 Å². The molecular weight excluding hydrogens is 415 g/mol. The summed E-state index contributed by atoms with van der Waals surface area (Å²) >= 11 is 2.12. The van der Waals surface area contributed by atoms with Crippen molar-refractivity contribution in [2.24, 2.45) is 0 Å². The zero-order chi connectivity index (χ0) is 15.6. The Bertz CT molecular complexity index is 875. The quantitative estimate of drug-likeness (QED) is 0.646. The third kappa shape index (κ3) is 3.30. The highest BCUT2D eigenvalue weighted by Gasteiger charge is 2.16. The lowest BCUT2D eigenvalue weighted by molar-refractivity contribution is 0.435. The lowest BCUT2D eigenvalue weighted by atomic mass is 10.2. The number of halogens is 1. The standard InChI is InChI=1S/C15H11IN2O3S/c16-12-6-8-13(9-7-12)22(19,20)18-15-10-14(21-17-15)11-4-2-1-3-5-11/h1-10H,(H,17,18). The number of nitrogens with one attached hydrogen (secondary N) is 1. The molecule has 0 radical (unpaired) electrons. The van der Waals surface area contributed by atoms with Crippen molar-refractivity contribution in [3.8, 4) is 11.3 Å². The number of anilines is 1. The van der Waals surface area contributed by atoms with Gasteiger partial charge < -0.3 is 4.52 Å². The first kappa shape index (κ1) is 15.0. The van der Waals surface area contributed by atoms with Crippen LogP contribution in [0.15, 0.2) is 70.1 Å². The molecule has 5 nitrogen and oxygen atoms in total. The van der Waals surface area contributed by atoms with Gasteiger partial charge in [0.2, 0.25) is 0 Å². The summed E-state index contributed by atoms with van der Waals surface area (Å²) < 4.78 is 33.1. The summed E-state index contributed by atoms with van der Waals surface area (Å²) in [6.07, 6.45) is 0. The van der Waals surface area contributed by atoms with E-state index in [2.05, 4.69) is 32.5 Å². The molecule has 1 aromatic heterocycles. The van der Waals surface area contributed by atoms with Gasteiger partial charge in [0.1, 0.15) is 0 Å². The van der Waals surface area contributed by atoms with Gasteiger partial charge in [-0.05, 0) is 46.9 Å². The van der Waals surface area contributed by atoms with Crippen LogP contribution in [0.2, 0.25) is 0 Å². The van der Waals surface area contributed by atoms with Gasteiger partial charge in [-0.1, -0.05) is 35.5 Å². The van der Waals surface area contributed by atoms with Gasteiger partial charge in [0.05, 0.1) is 4.90 Å². The Morgan fingerprint density at radius 3 is 2.36 bits per heavy atom. The molecule has 0 amide bonds. The maximum Gasteiger partial charge on any atom is 0.263 e. The summed E-state index contributed by atoms with van der Waals surface area (Å²) in [5.74, 6) is 0.651. The molecular formula is C15H11IN2O3S. The van der Waals surface area contributed by atoms with Gasteiger partial charge in [0.25, 0.3) is 10.0 Å². The molecule has 0 aliphatic rings. The Balaban J connectivity index is 1.84. The SMILES string of the molecule is O=S(=O)(Nc1cc(-c2ccccc2)on1)c1ccc(I)cc1. The lowest BCUT2D eigenvalue weighted by Crippen LogP contribution is -2.13. The van der Waals surface area contributed by atoms with Crippen LogP contribution in [-0.4, -0.2) is 13.6 Å². The number of hydrogen-bond acceptors (Lipinski definition) is 4. The molecule has 1 heterocycles. The minimum absolute atomic E-state index is 0.150. The van der Waals surface area contributed by atoms with E-state index in [1.165, 1.54) is 0 Å². The van der Waals surface area contributed by atoms with Gasteiger partial charge >= 0.3 is 0 Å². The van der Waals surface area contributed by atoms with Crippen LogP contribution >= 0.6 is 22.6 Å². The second-order valence-corrected chi connectivity index (χ2v) is 7.43. The average molecular weight is 426 g/mol. The largest absolute Gasteiger partial charge is 0.354 e. The summed E-state index contributed by atoms with van der Waals surface area (Å²) in [6.45, 7) is 0. The molecule has 7 heteroatoms. The summed E-state index contributed by atoms with van der Waals surface area (Å²) in [6, 6.07) is 17.4. The van der Waals surface area contributed by atoms with Crippen molar-refractivity contribution >= 4 is 38.4 Å². The zero-order valence-corrected chi connectivity index (χ0v) is 14.2. The third-order valence-corrected chi connectivity index (χ3v) is 5.02. The second-order valence-electron chi connectivity index (χ2n) is 4.50. The van der Waals surface area contributed by atoms with Gasteiger partial charge in [-0.15, -0.1) is 0 Å². The first-order chi connectivity index (χ1) is 10.5. The van der Waals surface area contributed by atoms with Crippen molar-refractivity contribution in [3.05, 3.63) is 64.2 Å². The Hall–Kier alpha value is -1.87. The monoisotopic (exact) mass is 426 g/mol. The van der Waals surface area contributed by atoms with Crippen molar-refractivity contribution < 1.29 is 12.9 Å². The lowest BCUT2D eigenvalue weighted by Gasteiger charge is -2.04. The second kappa shape index (κ2) is 6.09. The zero-order valence-electron chi connectivity index (χ0n) is 11.2. The predicted octanol–water partition coefficient (Wildman–Crippen LogP) is 3.75. The number of sulfonamides is 1. The van der Waals surface area contributed by atoms with Crippen LogP contribution in [0, 0.1) is 3.57 Å². The van der Waals surface area contributed by atoms with Crippen LogP contribution in [0.4, 0.5) is 5.82 Å². The van der Waals surface area contributed by atoms with Crippen LogP contribution in [-0.2, 0) is 10.0 Å². The highest BCUT2D eigenvalue weighted by atomic mass is 127. The normalized spacial score (nSPS) is 11.3. The predicted molar refractivity (Wildman–Crippen MR) is 91.9 cm³/mol. The summed E-state index contributed by atoms with van der Waals surface area (Å²) in [7, 11) is -3.67. The molecule has 0 bridgehead atoms.